The summed E-state index contributed by atoms with van der Waals surface area (Å²) in [6.07, 6.45) is 3.25. The highest BCUT2D eigenvalue weighted by Gasteiger charge is 2.23. The van der Waals surface area contributed by atoms with E-state index in [4.69, 9.17) is 14.2 Å². The van der Waals surface area contributed by atoms with E-state index in [0.29, 0.717) is 25.2 Å². The summed E-state index contributed by atoms with van der Waals surface area (Å²) in [5.74, 6) is 1.63. The predicted molar refractivity (Wildman–Crippen MR) is 84.1 cm³/mol. The molecule has 1 aromatic rings. The molecule has 2 unspecified atom stereocenters. The summed E-state index contributed by atoms with van der Waals surface area (Å²) in [6, 6.07) is 8.89. The minimum absolute atomic E-state index is 0.476. The first-order valence-electron chi connectivity index (χ1n) is 7.80. The van der Waals surface area contributed by atoms with Gasteiger partial charge in [0.15, 0.2) is 0 Å². The molecule has 2 atom stereocenters. The fourth-order valence-corrected chi connectivity index (χ4v) is 2.85. The summed E-state index contributed by atoms with van der Waals surface area (Å²) in [5, 5.41) is 3.42. The van der Waals surface area contributed by atoms with Crippen molar-refractivity contribution in [2.75, 3.05) is 40.6 Å². The van der Waals surface area contributed by atoms with Gasteiger partial charge in [-0.15, -0.1) is 0 Å². The highest BCUT2D eigenvalue weighted by atomic mass is 16.5. The number of benzene rings is 1. The van der Waals surface area contributed by atoms with Crippen LogP contribution < -0.4 is 10.1 Å². The highest BCUT2D eigenvalue weighted by molar-refractivity contribution is 5.37. The SMILES string of the molecule is CNC(CCOCCOC)CC1CCOc2ccccc21. The number of para-hydroxylation sites is 1. The molecule has 21 heavy (non-hydrogen) atoms. The minimum Gasteiger partial charge on any atom is -0.493 e. The molecule has 0 fully saturated rings. The third-order valence-corrected chi connectivity index (χ3v) is 4.10. The molecule has 118 valence electrons. The number of fused-ring (bicyclic) bond motifs is 1. The van der Waals surface area contributed by atoms with Gasteiger partial charge in [-0.05, 0) is 43.9 Å². The topological polar surface area (TPSA) is 39.7 Å². The zero-order valence-electron chi connectivity index (χ0n) is 13.1. The van der Waals surface area contributed by atoms with Crippen LogP contribution in [0.1, 0.15) is 30.7 Å². The molecular formula is C17H27NO3. The molecule has 0 bridgehead atoms. The molecule has 4 nitrogen and oxygen atoms in total. The zero-order chi connectivity index (χ0) is 14.9. The zero-order valence-corrected chi connectivity index (χ0v) is 13.1. The second-order valence-corrected chi connectivity index (χ2v) is 5.49. The Balaban J connectivity index is 1.82. The quantitative estimate of drug-likeness (QED) is 0.710. The summed E-state index contributed by atoms with van der Waals surface area (Å²) >= 11 is 0. The molecule has 0 saturated carbocycles. The first kappa shape index (κ1) is 16.3. The van der Waals surface area contributed by atoms with Crippen LogP contribution in [0.2, 0.25) is 0 Å². The van der Waals surface area contributed by atoms with Crippen molar-refractivity contribution < 1.29 is 14.2 Å². The Bertz CT molecular complexity index is 411. The van der Waals surface area contributed by atoms with Crippen molar-refractivity contribution in [1.82, 2.24) is 5.32 Å². The molecule has 0 spiro atoms. The van der Waals surface area contributed by atoms with E-state index in [2.05, 4.69) is 23.5 Å². The van der Waals surface area contributed by atoms with Crippen LogP contribution in [-0.2, 0) is 9.47 Å². The van der Waals surface area contributed by atoms with Gasteiger partial charge >= 0.3 is 0 Å². The van der Waals surface area contributed by atoms with E-state index in [0.717, 1.165) is 38.2 Å². The molecule has 2 rings (SSSR count). The Morgan fingerprint density at radius 3 is 2.95 bits per heavy atom. The second-order valence-electron chi connectivity index (χ2n) is 5.49. The Morgan fingerprint density at radius 2 is 2.14 bits per heavy atom. The largest absolute Gasteiger partial charge is 0.493 e. The molecular weight excluding hydrogens is 266 g/mol. The van der Waals surface area contributed by atoms with Crippen LogP contribution >= 0.6 is 0 Å². The molecule has 1 heterocycles. The van der Waals surface area contributed by atoms with Crippen LogP contribution in [0, 0.1) is 0 Å². The van der Waals surface area contributed by atoms with Crippen LogP contribution in [0.3, 0.4) is 0 Å². The Hall–Kier alpha value is -1.10. The first-order valence-corrected chi connectivity index (χ1v) is 7.80. The van der Waals surface area contributed by atoms with Crippen molar-refractivity contribution in [3.63, 3.8) is 0 Å². The van der Waals surface area contributed by atoms with Crippen LogP contribution in [0.25, 0.3) is 0 Å². The van der Waals surface area contributed by atoms with Crippen LogP contribution in [0.4, 0.5) is 0 Å². The summed E-state index contributed by atoms with van der Waals surface area (Å²) < 4.78 is 16.3. The number of nitrogens with one attached hydrogen (secondary N) is 1. The van der Waals surface area contributed by atoms with Crippen molar-refractivity contribution >= 4 is 0 Å². The maximum Gasteiger partial charge on any atom is 0.122 e. The van der Waals surface area contributed by atoms with Crippen LogP contribution in [0.15, 0.2) is 24.3 Å². The van der Waals surface area contributed by atoms with Gasteiger partial charge < -0.3 is 19.5 Å². The second kappa shape index (κ2) is 9.03. The average Bonchev–Trinajstić information content (AvgIpc) is 2.53. The highest BCUT2D eigenvalue weighted by Crippen LogP contribution is 2.36. The molecule has 0 aliphatic carbocycles. The number of hydrogen-bond acceptors (Lipinski definition) is 4. The maximum absolute atomic E-state index is 5.74. The third kappa shape index (κ3) is 4.99. The number of hydrogen-bond donors (Lipinski definition) is 1. The normalized spacial score (nSPS) is 18.9. The lowest BCUT2D eigenvalue weighted by molar-refractivity contribution is 0.0652. The number of ether oxygens (including phenoxy) is 3. The lowest BCUT2D eigenvalue weighted by atomic mass is 9.87. The molecule has 1 aliphatic rings. The van der Waals surface area contributed by atoms with Gasteiger partial charge in [-0.1, -0.05) is 18.2 Å². The number of methoxy groups -OCH3 is 1. The van der Waals surface area contributed by atoms with Crippen LogP contribution in [-0.4, -0.2) is 46.6 Å². The van der Waals surface area contributed by atoms with Crippen molar-refractivity contribution in [1.29, 1.82) is 0 Å². The number of rotatable bonds is 9. The molecule has 0 aromatic heterocycles. The smallest absolute Gasteiger partial charge is 0.122 e. The Kier molecular flexibility index (Phi) is 7.00. The molecule has 1 aromatic carbocycles. The van der Waals surface area contributed by atoms with Crippen molar-refractivity contribution in [2.45, 2.75) is 31.2 Å². The maximum atomic E-state index is 5.74. The van der Waals surface area contributed by atoms with E-state index in [1.54, 1.807) is 7.11 Å². The lowest BCUT2D eigenvalue weighted by Gasteiger charge is -2.29. The van der Waals surface area contributed by atoms with E-state index < -0.39 is 0 Å². The van der Waals surface area contributed by atoms with E-state index >= 15 is 0 Å². The van der Waals surface area contributed by atoms with Crippen LogP contribution in [0.5, 0.6) is 5.75 Å². The summed E-state index contributed by atoms with van der Waals surface area (Å²) in [6.45, 7) is 2.94. The van der Waals surface area contributed by atoms with Gasteiger partial charge in [0.1, 0.15) is 5.75 Å². The lowest BCUT2D eigenvalue weighted by Crippen LogP contribution is -2.30. The fraction of sp³-hybridized carbons (Fsp3) is 0.647. The monoisotopic (exact) mass is 293 g/mol. The van der Waals surface area contributed by atoms with E-state index in [1.165, 1.54) is 5.56 Å². The minimum atomic E-state index is 0.476. The Morgan fingerprint density at radius 1 is 1.29 bits per heavy atom. The van der Waals surface area contributed by atoms with Gasteiger partial charge in [0.25, 0.3) is 0 Å². The van der Waals surface area contributed by atoms with E-state index in [1.807, 2.05) is 13.1 Å². The van der Waals surface area contributed by atoms with Gasteiger partial charge in [0, 0.05) is 19.8 Å². The summed E-state index contributed by atoms with van der Waals surface area (Å²) in [5.41, 5.74) is 1.35. The van der Waals surface area contributed by atoms with Gasteiger partial charge in [0.2, 0.25) is 0 Å². The first-order chi connectivity index (χ1) is 10.3. The molecule has 0 radical (unpaired) electrons. The average molecular weight is 293 g/mol. The van der Waals surface area contributed by atoms with E-state index in [9.17, 15) is 0 Å². The molecule has 0 amide bonds. The van der Waals surface area contributed by atoms with Crippen molar-refractivity contribution in [3.05, 3.63) is 29.8 Å². The van der Waals surface area contributed by atoms with Gasteiger partial charge in [0.05, 0.1) is 19.8 Å². The standard InChI is InChI=1S/C17H27NO3/c1-18-15(8-9-20-12-11-19-2)13-14-7-10-21-17-6-4-3-5-16(14)17/h3-6,14-15,18H,7-13H2,1-2H3. The molecule has 0 saturated heterocycles. The molecule has 1 aliphatic heterocycles. The van der Waals surface area contributed by atoms with Gasteiger partial charge in [-0.25, -0.2) is 0 Å². The summed E-state index contributed by atoms with van der Waals surface area (Å²) in [7, 11) is 3.73. The van der Waals surface area contributed by atoms with Crippen molar-refractivity contribution in [3.8, 4) is 5.75 Å². The summed E-state index contributed by atoms with van der Waals surface area (Å²) in [4.78, 5) is 0. The fourth-order valence-electron chi connectivity index (χ4n) is 2.85. The predicted octanol–water partition coefficient (Wildman–Crippen LogP) is 2.58. The van der Waals surface area contributed by atoms with Gasteiger partial charge in [-0.3, -0.25) is 0 Å². The van der Waals surface area contributed by atoms with Gasteiger partial charge in [-0.2, -0.15) is 0 Å². The van der Waals surface area contributed by atoms with Crippen molar-refractivity contribution in [2.24, 2.45) is 0 Å². The third-order valence-electron chi connectivity index (χ3n) is 4.10. The molecule has 4 heteroatoms. The Labute approximate surface area is 127 Å². The van der Waals surface area contributed by atoms with E-state index in [-0.39, 0.29) is 0 Å². The molecule has 1 N–H and O–H groups in total.